The fourth-order valence-corrected chi connectivity index (χ4v) is 5.50. The lowest BCUT2D eigenvalue weighted by molar-refractivity contribution is -0.130. The number of benzene rings is 2. The van der Waals surface area contributed by atoms with Gasteiger partial charge in [-0.25, -0.2) is 8.42 Å². The lowest BCUT2D eigenvalue weighted by Gasteiger charge is -2.28. The Balaban J connectivity index is 1.72. The van der Waals surface area contributed by atoms with E-state index in [1.54, 1.807) is 4.90 Å². The van der Waals surface area contributed by atoms with Crippen LogP contribution >= 0.6 is 11.8 Å². The van der Waals surface area contributed by atoms with Gasteiger partial charge in [-0.15, -0.1) is 11.8 Å². The Bertz CT molecular complexity index is 807. The van der Waals surface area contributed by atoms with Crippen LogP contribution in [0.25, 0.3) is 0 Å². The van der Waals surface area contributed by atoms with Crippen LogP contribution in [-0.4, -0.2) is 42.5 Å². The molecule has 1 fully saturated rings. The predicted molar refractivity (Wildman–Crippen MR) is 101 cm³/mol. The van der Waals surface area contributed by atoms with Gasteiger partial charge >= 0.3 is 0 Å². The number of hydrogen-bond donors (Lipinski definition) is 0. The quantitative estimate of drug-likeness (QED) is 0.729. The molecule has 132 valence electrons. The van der Waals surface area contributed by atoms with E-state index in [1.165, 1.54) is 11.8 Å². The van der Waals surface area contributed by atoms with Crippen molar-refractivity contribution in [3.63, 3.8) is 0 Å². The van der Waals surface area contributed by atoms with E-state index in [1.807, 2.05) is 60.7 Å². The largest absolute Gasteiger partial charge is 0.334 e. The fourth-order valence-electron chi connectivity index (χ4n) is 2.97. The monoisotopic (exact) mass is 375 g/mol. The number of thioether (sulfide) groups is 1. The van der Waals surface area contributed by atoms with Crippen molar-refractivity contribution in [3.05, 3.63) is 66.2 Å². The maximum Gasteiger partial charge on any atom is 0.233 e. The normalized spacial score (nSPS) is 18.8. The second-order valence-electron chi connectivity index (χ2n) is 6.17. The number of carbonyl (C=O) groups excluding carboxylic acids is 1. The molecule has 25 heavy (non-hydrogen) atoms. The molecule has 0 aliphatic carbocycles. The zero-order chi connectivity index (χ0) is 17.7. The molecule has 0 radical (unpaired) electrons. The molecular weight excluding hydrogens is 354 g/mol. The third kappa shape index (κ3) is 5.09. The van der Waals surface area contributed by atoms with Crippen molar-refractivity contribution in [1.82, 2.24) is 4.90 Å². The maximum absolute atomic E-state index is 12.8. The molecule has 0 unspecified atom stereocenters. The third-order valence-corrected chi connectivity index (χ3v) is 7.02. The van der Waals surface area contributed by atoms with Gasteiger partial charge in [0, 0.05) is 17.5 Å². The summed E-state index contributed by atoms with van der Waals surface area (Å²) in [5.41, 5.74) is 1.02. The molecule has 0 spiro atoms. The maximum atomic E-state index is 12.8. The Kier molecular flexibility index (Phi) is 5.81. The Labute approximate surface area is 153 Å². The van der Waals surface area contributed by atoms with E-state index in [0.29, 0.717) is 18.7 Å². The van der Waals surface area contributed by atoms with Crippen LogP contribution in [0.3, 0.4) is 0 Å². The molecule has 1 atom stereocenters. The third-order valence-electron chi connectivity index (χ3n) is 4.27. The molecule has 6 heteroatoms. The van der Waals surface area contributed by atoms with E-state index in [0.717, 1.165) is 10.5 Å². The van der Waals surface area contributed by atoms with Gasteiger partial charge in [0.15, 0.2) is 9.84 Å². The summed E-state index contributed by atoms with van der Waals surface area (Å²) in [6, 6.07) is 19.3. The average Bonchev–Trinajstić information content (AvgIpc) is 2.99. The second-order valence-corrected chi connectivity index (χ2v) is 9.44. The van der Waals surface area contributed by atoms with Crippen LogP contribution in [0.2, 0.25) is 0 Å². The lowest BCUT2D eigenvalue weighted by atomic mass is 10.1. The number of sulfone groups is 1. The first-order valence-corrected chi connectivity index (χ1v) is 11.1. The minimum Gasteiger partial charge on any atom is -0.334 e. The summed E-state index contributed by atoms with van der Waals surface area (Å²) in [5.74, 6) is 0.539. The van der Waals surface area contributed by atoms with E-state index in [2.05, 4.69) is 0 Å². The molecule has 1 aliphatic heterocycles. The van der Waals surface area contributed by atoms with Crippen LogP contribution in [0.15, 0.2) is 65.6 Å². The predicted octanol–water partition coefficient (Wildman–Crippen LogP) is 2.99. The first-order chi connectivity index (χ1) is 12.0. The molecule has 1 aliphatic rings. The number of carbonyl (C=O) groups is 1. The Morgan fingerprint density at radius 2 is 1.68 bits per heavy atom. The van der Waals surface area contributed by atoms with Gasteiger partial charge in [-0.2, -0.15) is 0 Å². The van der Waals surface area contributed by atoms with Crippen molar-refractivity contribution in [3.8, 4) is 0 Å². The zero-order valence-electron chi connectivity index (χ0n) is 13.9. The number of rotatable bonds is 6. The highest BCUT2D eigenvalue weighted by Gasteiger charge is 2.34. The highest BCUT2D eigenvalue weighted by Crippen LogP contribution is 2.23. The van der Waals surface area contributed by atoms with E-state index >= 15 is 0 Å². The van der Waals surface area contributed by atoms with Gasteiger partial charge in [0.05, 0.1) is 17.3 Å². The molecule has 2 aromatic rings. The van der Waals surface area contributed by atoms with E-state index < -0.39 is 9.84 Å². The molecule has 1 heterocycles. The summed E-state index contributed by atoms with van der Waals surface area (Å²) in [7, 11) is -3.03. The fraction of sp³-hybridized carbons (Fsp3) is 0.316. The minimum atomic E-state index is -3.03. The van der Waals surface area contributed by atoms with E-state index in [4.69, 9.17) is 0 Å². The summed E-state index contributed by atoms with van der Waals surface area (Å²) in [5, 5.41) is 0. The Morgan fingerprint density at radius 3 is 2.28 bits per heavy atom. The number of hydrogen-bond acceptors (Lipinski definition) is 4. The van der Waals surface area contributed by atoms with Crippen LogP contribution in [0.4, 0.5) is 0 Å². The number of nitrogens with zero attached hydrogens (tertiary/aromatic N) is 1. The van der Waals surface area contributed by atoms with Crippen LogP contribution in [0.5, 0.6) is 0 Å². The van der Waals surface area contributed by atoms with Crippen molar-refractivity contribution in [2.75, 3.05) is 17.3 Å². The molecule has 3 rings (SSSR count). The highest BCUT2D eigenvalue weighted by molar-refractivity contribution is 8.00. The standard InChI is InChI=1S/C19H21NO3S2/c21-19(14-24-18-9-5-2-6-10-18)20(13-16-7-3-1-4-8-16)17-11-12-25(22,23)15-17/h1-10,17H,11-15H2/t17-/m1/s1. The van der Waals surface area contributed by atoms with E-state index in [9.17, 15) is 13.2 Å². The van der Waals surface area contributed by atoms with Gasteiger partial charge < -0.3 is 4.90 Å². The van der Waals surface area contributed by atoms with Gasteiger partial charge in [-0.3, -0.25) is 4.79 Å². The van der Waals surface area contributed by atoms with Crippen molar-refractivity contribution in [1.29, 1.82) is 0 Å². The molecule has 0 N–H and O–H groups in total. The molecule has 0 aromatic heterocycles. The van der Waals surface area contributed by atoms with Gasteiger partial charge in [0.25, 0.3) is 0 Å². The highest BCUT2D eigenvalue weighted by atomic mass is 32.2. The van der Waals surface area contributed by atoms with Crippen molar-refractivity contribution < 1.29 is 13.2 Å². The first-order valence-electron chi connectivity index (χ1n) is 8.25. The van der Waals surface area contributed by atoms with Gasteiger partial charge in [-0.05, 0) is 24.1 Å². The van der Waals surface area contributed by atoms with Crippen LogP contribution in [-0.2, 0) is 21.2 Å². The van der Waals surface area contributed by atoms with Gasteiger partial charge in [0.2, 0.25) is 5.91 Å². The molecule has 2 aromatic carbocycles. The Morgan fingerprint density at radius 1 is 1.04 bits per heavy atom. The minimum absolute atomic E-state index is 0.0141. The topological polar surface area (TPSA) is 54.5 Å². The lowest BCUT2D eigenvalue weighted by Crippen LogP contribution is -2.41. The van der Waals surface area contributed by atoms with Crippen LogP contribution in [0.1, 0.15) is 12.0 Å². The summed E-state index contributed by atoms with van der Waals surface area (Å²) in [6.07, 6.45) is 0.525. The first kappa shape index (κ1) is 18.0. The average molecular weight is 376 g/mol. The molecule has 1 amide bonds. The molecule has 0 saturated carbocycles. The van der Waals surface area contributed by atoms with Crippen LogP contribution < -0.4 is 0 Å². The second kappa shape index (κ2) is 8.06. The van der Waals surface area contributed by atoms with Crippen molar-refractivity contribution in [2.24, 2.45) is 0 Å². The van der Waals surface area contributed by atoms with Crippen molar-refractivity contribution in [2.45, 2.75) is 23.9 Å². The summed E-state index contributed by atoms with van der Waals surface area (Å²) in [4.78, 5) is 15.6. The summed E-state index contributed by atoms with van der Waals surface area (Å²) in [6.45, 7) is 0.454. The van der Waals surface area contributed by atoms with Gasteiger partial charge in [-0.1, -0.05) is 48.5 Å². The molecular formula is C19H21NO3S2. The molecule has 0 bridgehead atoms. The summed E-state index contributed by atoms with van der Waals surface area (Å²) >= 11 is 1.49. The Hall–Kier alpha value is -1.79. The summed E-state index contributed by atoms with van der Waals surface area (Å²) < 4.78 is 23.7. The zero-order valence-corrected chi connectivity index (χ0v) is 15.5. The molecule has 1 saturated heterocycles. The van der Waals surface area contributed by atoms with Crippen molar-refractivity contribution >= 4 is 27.5 Å². The van der Waals surface area contributed by atoms with Gasteiger partial charge in [0.1, 0.15) is 0 Å². The molecule has 4 nitrogen and oxygen atoms in total. The number of amides is 1. The SMILES string of the molecule is O=C(CSc1ccccc1)N(Cc1ccccc1)[C@@H]1CCS(=O)(=O)C1. The van der Waals surface area contributed by atoms with Crippen LogP contribution in [0, 0.1) is 0 Å². The smallest absolute Gasteiger partial charge is 0.233 e. The van der Waals surface area contributed by atoms with E-state index in [-0.39, 0.29) is 23.5 Å².